The minimum Gasteiger partial charge on any atom is -0.871 e. The number of nitrogens with zero attached hydrogens (tertiary/aromatic N) is 1. The van der Waals surface area contributed by atoms with E-state index in [9.17, 15) is 9.90 Å². The van der Waals surface area contributed by atoms with Crippen LogP contribution in [0.5, 0.6) is 5.75 Å². The second kappa shape index (κ2) is 12.8. The normalized spacial score (nSPS) is 9.04. The maximum atomic E-state index is 11.7. The zero-order valence-electron chi connectivity index (χ0n) is 16.5. The molecule has 0 atom stereocenters. The fourth-order valence-electron chi connectivity index (χ4n) is 2.22. The summed E-state index contributed by atoms with van der Waals surface area (Å²) >= 11 is 0. The molecular weight excluding hydrogens is 414 g/mol. The van der Waals surface area contributed by atoms with Crippen LogP contribution < -0.4 is 80.1 Å². The number of anilines is 3. The molecule has 27 heavy (non-hydrogen) atoms. The summed E-state index contributed by atoms with van der Waals surface area (Å²) in [4.78, 5) is 15.8. The van der Waals surface area contributed by atoms with E-state index < -0.39 is 5.91 Å². The molecule has 3 rings (SSSR count). The molecule has 0 aliphatic carbocycles. The Morgan fingerprint density at radius 3 is 2.22 bits per heavy atom. The fourth-order valence-corrected chi connectivity index (χ4v) is 2.22. The van der Waals surface area contributed by atoms with E-state index in [1.54, 1.807) is 0 Å². The summed E-state index contributed by atoms with van der Waals surface area (Å²) in [7, 11) is 0. The van der Waals surface area contributed by atoms with E-state index in [-0.39, 0.29) is 75.2 Å². The van der Waals surface area contributed by atoms with Crippen molar-refractivity contribution in [1.29, 1.82) is 0 Å². The molecule has 138 valence electrons. The van der Waals surface area contributed by atoms with Gasteiger partial charge >= 0.3 is 58.2 Å². The van der Waals surface area contributed by atoms with E-state index in [2.05, 4.69) is 10.3 Å². The van der Waals surface area contributed by atoms with Crippen LogP contribution in [0.2, 0.25) is 0 Å². The number of rotatable bonds is 3. The molecule has 7 heteroatoms. The predicted molar refractivity (Wildman–Crippen MR) is 107 cm³/mol. The van der Waals surface area contributed by atoms with Crippen LogP contribution in [0, 0.1) is 0 Å². The molecule has 1 heterocycles. The first-order valence-corrected chi connectivity index (χ1v) is 8.57. The van der Waals surface area contributed by atoms with Gasteiger partial charge < -0.3 is 21.9 Å². The largest absolute Gasteiger partial charge is 1.00 e. The van der Waals surface area contributed by atoms with Crippen molar-refractivity contribution in [3.05, 3.63) is 54.2 Å². The van der Waals surface area contributed by atoms with Crippen molar-refractivity contribution in [3.8, 4) is 5.75 Å². The first-order chi connectivity index (χ1) is 12.6. The summed E-state index contributed by atoms with van der Waals surface area (Å²) in [6.45, 7) is 8.00. The minimum absolute atomic E-state index is 0. The minimum atomic E-state index is -0.613. The van der Waals surface area contributed by atoms with Crippen molar-refractivity contribution in [1.82, 2.24) is 4.98 Å². The third-order valence-electron chi connectivity index (χ3n) is 3.31. The van der Waals surface area contributed by atoms with Crippen LogP contribution in [0.1, 0.15) is 38.1 Å². The fraction of sp³-hybridized carbons (Fsp3) is 0.200. The monoisotopic (exact) mass is 438 g/mol. The average Bonchev–Trinajstić information content (AvgIpc) is 2.67. The molecule has 3 aromatic rings. The summed E-state index contributed by atoms with van der Waals surface area (Å²) in [6.07, 6.45) is 1.35. The topological polar surface area (TPSA) is 117 Å². The Kier molecular flexibility index (Phi) is 12.1. The van der Waals surface area contributed by atoms with E-state index in [1.165, 1.54) is 18.3 Å². The van der Waals surface area contributed by atoms with Crippen LogP contribution in [0.15, 0.2) is 48.7 Å². The number of nitrogens with one attached hydrogen (secondary N) is 1. The van der Waals surface area contributed by atoms with E-state index in [4.69, 9.17) is 11.5 Å². The first-order valence-electron chi connectivity index (χ1n) is 8.57. The molecule has 0 aliphatic heterocycles. The molecule has 2 aromatic carbocycles. The van der Waals surface area contributed by atoms with Gasteiger partial charge in [0.05, 0.1) is 16.8 Å². The number of hydrogen-bond donors (Lipinski definition) is 3. The van der Waals surface area contributed by atoms with Gasteiger partial charge in [-0.1, -0.05) is 51.6 Å². The number of primary amides is 1. The van der Waals surface area contributed by atoms with E-state index in [1.807, 2.05) is 58.0 Å². The zero-order valence-corrected chi connectivity index (χ0v) is 21.5. The molecule has 0 saturated heterocycles. The van der Waals surface area contributed by atoms with Gasteiger partial charge in [-0.25, -0.2) is 0 Å². The standard InChI is InChI=1S/C16H14N4O2.2C2H6.Rb/c17-12-6-10-13(7-14(12)21)19-8-11(16(18)22)15(10)20-9-4-2-1-3-5-9;2*1-2;/h1-8,21H,17H2,(H2,18,22)(H,19,20);2*1-2H3;/q;;;+1/p-1. The number of nitrogens with two attached hydrogens (primary N) is 2. The Bertz CT molecular complexity index is 871. The molecule has 0 saturated carbocycles. The maximum absolute atomic E-state index is 11.7. The van der Waals surface area contributed by atoms with Crippen molar-refractivity contribution in [3.63, 3.8) is 0 Å². The number of amides is 1. The van der Waals surface area contributed by atoms with Gasteiger partial charge in [-0.2, -0.15) is 0 Å². The van der Waals surface area contributed by atoms with Gasteiger partial charge in [-0.05, 0) is 24.3 Å². The van der Waals surface area contributed by atoms with Gasteiger partial charge in [0.1, 0.15) is 0 Å². The summed E-state index contributed by atoms with van der Waals surface area (Å²) in [5, 5.41) is 15.4. The van der Waals surface area contributed by atoms with Crippen LogP contribution in [-0.2, 0) is 0 Å². The van der Waals surface area contributed by atoms with Crippen molar-refractivity contribution in [2.24, 2.45) is 5.73 Å². The van der Waals surface area contributed by atoms with Crippen molar-refractivity contribution < 1.29 is 68.1 Å². The van der Waals surface area contributed by atoms with Gasteiger partial charge in [-0.15, -0.1) is 0 Å². The number of para-hydroxylation sites is 1. The van der Waals surface area contributed by atoms with E-state index in [0.29, 0.717) is 16.6 Å². The van der Waals surface area contributed by atoms with Gasteiger partial charge in [0.2, 0.25) is 0 Å². The third kappa shape index (κ3) is 6.57. The molecule has 0 aliphatic rings. The van der Waals surface area contributed by atoms with Gasteiger partial charge in [0.25, 0.3) is 5.91 Å². The van der Waals surface area contributed by atoms with Crippen LogP contribution in [0.4, 0.5) is 17.1 Å². The first kappa shape index (κ1) is 25.5. The molecule has 5 N–H and O–H groups in total. The van der Waals surface area contributed by atoms with Gasteiger partial charge in [-0.3, -0.25) is 9.78 Å². The Morgan fingerprint density at radius 1 is 1.07 bits per heavy atom. The molecule has 0 fully saturated rings. The number of hydrogen-bond acceptors (Lipinski definition) is 5. The number of benzene rings is 2. The third-order valence-corrected chi connectivity index (χ3v) is 3.31. The summed E-state index contributed by atoms with van der Waals surface area (Å²) in [5.74, 6) is -0.921. The molecule has 0 radical (unpaired) electrons. The molecular formula is C20H25N4O2Rb. The molecule has 0 bridgehead atoms. The SMILES string of the molecule is CC.CC.NC(=O)c1cnc2cc([O-])c(N)cc2c1Nc1ccccc1.[Rb+]. The van der Waals surface area contributed by atoms with E-state index in [0.717, 1.165) is 5.69 Å². The number of fused-ring (bicyclic) bond motifs is 1. The van der Waals surface area contributed by atoms with Crippen molar-refractivity contribution in [2.75, 3.05) is 11.1 Å². The Labute approximate surface area is 209 Å². The molecule has 6 nitrogen and oxygen atoms in total. The molecule has 1 aromatic heterocycles. The van der Waals surface area contributed by atoms with Gasteiger partial charge in [0, 0.05) is 23.0 Å². The predicted octanol–water partition coefficient (Wildman–Crippen LogP) is 0.790. The smallest absolute Gasteiger partial charge is 0.871 e. The summed E-state index contributed by atoms with van der Waals surface area (Å²) in [6, 6.07) is 12.1. The van der Waals surface area contributed by atoms with Crippen molar-refractivity contribution >= 4 is 33.9 Å². The number of pyridine rings is 1. The molecule has 0 spiro atoms. The molecule has 0 unspecified atom stereocenters. The molecule has 1 amide bonds. The van der Waals surface area contributed by atoms with Gasteiger partial charge in [0.15, 0.2) is 0 Å². The number of nitrogen functional groups attached to an aromatic ring is 1. The van der Waals surface area contributed by atoms with E-state index >= 15 is 0 Å². The van der Waals surface area contributed by atoms with Crippen LogP contribution in [0.25, 0.3) is 10.9 Å². The zero-order chi connectivity index (χ0) is 19.7. The number of carbonyl (C=O) groups excluding carboxylic acids is 1. The van der Waals surface area contributed by atoms with Crippen LogP contribution >= 0.6 is 0 Å². The van der Waals surface area contributed by atoms with Crippen LogP contribution in [0.3, 0.4) is 0 Å². The second-order valence-electron chi connectivity index (χ2n) is 4.81. The Hall–Kier alpha value is -1.47. The quantitative estimate of drug-likeness (QED) is 0.523. The maximum Gasteiger partial charge on any atom is 1.00 e. The van der Waals surface area contributed by atoms with Crippen molar-refractivity contribution in [2.45, 2.75) is 27.7 Å². The number of aromatic nitrogens is 1. The number of carbonyl (C=O) groups is 1. The average molecular weight is 439 g/mol. The Morgan fingerprint density at radius 2 is 1.67 bits per heavy atom. The summed E-state index contributed by atoms with van der Waals surface area (Å²) < 4.78 is 0. The van der Waals surface area contributed by atoms with Crippen LogP contribution in [-0.4, -0.2) is 10.9 Å². The Balaban J connectivity index is 0.00000127. The summed E-state index contributed by atoms with van der Waals surface area (Å²) in [5.41, 5.74) is 13.1. The second-order valence-corrected chi connectivity index (χ2v) is 4.81.